The number of benzene rings is 2. The van der Waals surface area contributed by atoms with Gasteiger partial charge >= 0.3 is 38.3 Å². The van der Waals surface area contributed by atoms with Crippen molar-refractivity contribution < 1.29 is 59.3 Å². The van der Waals surface area contributed by atoms with Gasteiger partial charge in [0.2, 0.25) is 0 Å². The summed E-state index contributed by atoms with van der Waals surface area (Å²) in [5.74, 6) is 0. The third kappa shape index (κ3) is 17.4. The second-order valence-electron chi connectivity index (χ2n) is 12.9. The summed E-state index contributed by atoms with van der Waals surface area (Å²) in [5, 5.41) is 21.3. The first-order valence-electron chi connectivity index (χ1n) is 18.1. The molecular formula is C40H37F9N12OsP2+2. The number of nitrogens with one attached hydrogen (secondary N) is 1. The maximum Gasteiger partial charge on any atom is 2.00 e. The zero-order valence-corrected chi connectivity index (χ0v) is 38.4. The average Bonchev–Trinajstić information content (AvgIpc) is 4.09. The molecule has 0 aliphatic rings. The topological polar surface area (TPSA) is 160 Å². The second-order valence-corrected chi connectivity index (χ2v) is 18.1. The number of rotatable bonds is 5. The van der Waals surface area contributed by atoms with Gasteiger partial charge in [0.15, 0.2) is 0 Å². The summed E-state index contributed by atoms with van der Waals surface area (Å²) < 4.78 is 110. The molecule has 8 aromatic rings. The van der Waals surface area contributed by atoms with Gasteiger partial charge in [-0.25, -0.2) is 29.9 Å². The molecule has 0 amide bonds. The number of alkyl halides is 9. The fraction of sp³-hybridized carbons (Fsp3) is 0.175. The molecule has 12 nitrogen and oxygen atoms in total. The van der Waals surface area contributed by atoms with E-state index in [1.54, 1.807) is 0 Å². The molecule has 0 saturated heterocycles. The van der Waals surface area contributed by atoms with Gasteiger partial charge in [-0.05, 0) is 60.7 Å². The fourth-order valence-electron chi connectivity index (χ4n) is 4.59. The van der Waals surface area contributed by atoms with Crippen LogP contribution >= 0.6 is 15.8 Å². The first-order valence-corrected chi connectivity index (χ1v) is 23.1. The van der Waals surface area contributed by atoms with E-state index in [0.717, 1.165) is 18.2 Å². The molecule has 2 aromatic carbocycles. The molecule has 0 saturated carbocycles. The summed E-state index contributed by atoms with van der Waals surface area (Å²) in [6.07, 6.45) is -5.38. The van der Waals surface area contributed by atoms with Crippen molar-refractivity contribution in [2.45, 2.75) is 18.5 Å². The normalized spacial score (nSPS) is 11.0. The van der Waals surface area contributed by atoms with Crippen molar-refractivity contribution in [2.75, 3.05) is 26.7 Å². The summed E-state index contributed by atoms with van der Waals surface area (Å²) in [6, 6.07) is 28.4. The minimum atomic E-state index is -4.47. The van der Waals surface area contributed by atoms with E-state index in [1.165, 1.54) is 66.4 Å². The Morgan fingerprint density at radius 3 is 1.11 bits per heavy atom. The summed E-state index contributed by atoms with van der Waals surface area (Å²) in [4.78, 5) is 22.3. The number of nitrogens with zero attached hydrogens (tertiary/aromatic N) is 11. The maximum absolute atomic E-state index is 12.2. The summed E-state index contributed by atoms with van der Waals surface area (Å²) >= 11 is 0. The van der Waals surface area contributed by atoms with Crippen molar-refractivity contribution >= 4 is 26.5 Å². The number of aromatic amines is 1. The third-order valence-corrected chi connectivity index (χ3v) is 10.8. The van der Waals surface area contributed by atoms with Crippen LogP contribution in [0.5, 0.6) is 0 Å². The SMILES string of the molecule is C[PH+](C)c1ccccc1.C[PH+](C)c1ccccc1.FC(F)(F)c1cc(-c2ccncn2)[n-]n1.FC(F)(F)c1cc(-c2ccncn2)[n-]n1.FC(F)(F)c1cc(-c2ccncn2)n[nH]1.[Os+2]. The Bertz CT molecular complexity index is 2240. The molecule has 8 rings (SSSR count). The molecule has 6 heterocycles. The predicted molar refractivity (Wildman–Crippen MR) is 224 cm³/mol. The van der Waals surface area contributed by atoms with Gasteiger partial charge in [0.25, 0.3) is 0 Å². The Labute approximate surface area is 376 Å². The maximum atomic E-state index is 12.2. The Morgan fingerprint density at radius 2 is 0.844 bits per heavy atom. The van der Waals surface area contributed by atoms with Gasteiger partial charge in [0, 0.05) is 34.4 Å². The van der Waals surface area contributed by atoms with Gasteiger partial charge in [-0.15, -0.1) is 0 Å². The number of hydrogen-bond donors (Lipinski definition) is 1. The van der Waals surface area contributed by atoms with Crippen LogP contribution < -0.4 is 20.8 Å². The third-order valence-electron chi connectivity index (χ3n) is 7.78. The molecular weight excluding hydrogens is 1070 g/mol. The van der Waals surface area contributed by atoms with Crippen molar-refractivity contribution in [2.24, 2.45) is 0 Å². The van der Waals surface area contributed by atoms with E-state index in [2.05, 4.69) is 143 Å². The minimum Gasteiger partial charge on any atom is -0.573 e. The standard InChI is InChI=1S/C8H5F3N4.2C8H4F3N4.2C8H11P.Os/c3*9-8(10,11)7-3-6(14-15-7)5-1-2-12-4-13-5;2*1-9(2)8-6-4-3-5-7-8;/h1-4H,(H,14,15);2*1-4H;2*3-7H,1-2H3;/q;2*-1;;;+2/p+2. The number of hydrogen-bond acceptors (Lipinski definition) is 9. The molecule has 336 valence electrons. The molecule has 0 fully saturated rings. The molecule has 0 bridgehead atoms. The van der Waals surface area contributed by atoms with Gasteiger partial charge in [-0.1, -0.05) is 47.8 Å². The number of aromatic nitrogens is 12. The molecule has 0 atom stereocenters. The molecule has 6 aromatic heterocycles. The second kappa shape index (κ2) is 24.9. The Balaban J connectivity index is 0.000000216. The van der Waals surface area contributed by atoms with Crippen LogP contribution in [0.2, 0.25) is 0 Å². The molecule has 0 unspecified atom stereocenters. The first kappa shape index (κ1) is 52.5. The summed E-state index contributed by atoms with van der Waals surface area (Å²) in [7, 11) is -0.424. The summed E-state index contributed by atoms with van der Waals surface area (Å²) in [5.41, 5.74) is -1.64. The molecule has 0 radical (unpaired) electrons. The molecule has 0 aliphatic carbocycles. The minimum absolute atomic E-state index is 0. The number of halogens is 9. The van der Waals surface area contributed by atoms with Gasteiger partial charge in [0.1, 0.15) is 41.8 Å². The Kier molecular flexibility index (Phi) is 20.4. The van der Waals surface area contributed by atoms with E-state index in [1.807, 2.05) is 5.10 Å². The van der Waals surface area contributed by atoms with Gasteiger partial charge in [-0.3, -0.25) is 5.10 Å². The number of H-pyrrole nitrogens is 1. The van der Waals surface area contributed by atoms with Crippen molar-refractivity contribution in [3.05, 3.63) is 152 Å². The zero-order chi connectivity index (χ0) is 46.0. The molecule has 0 aliphatic heterocycles. The molecule has 24 heteroatoms. The quantitative estimate of drug-likeness (QED) is 0.130. The van der Waals surface area contributed by atoms with Crippen LogP contribution in [0.1, 0.15) is 17.1 Å². The molecule has 1 N–H and O–H groups in total. The van der Waals surface area contributed by atoms with Crippen LogP contribution in [0.3, 0.4) is 0 Å². The van der Waals surface area contributed by atoms with Crippen molar-refractivity contribution in [3.8, 4) is 34.2 Å². The van der Waals surface area contributed by atoms with Gasteiger partial charge in [-0.2, -0.15) is 44.6 Å². The van der Waals surface area contributed by atoms with E-state index >= 15 is 0 Å². The van der Waals surface area contributed by atoms with Crippen molar-refractivity contribution in [3.63, 3.8) is 0 Å². The Morgan fingerprint density at radius 1 is 0.469 bits per heavy atom. The fourth-order valence-corrected chi connectivity index (χ4v) is 6.30. The van der Waals surface area contributed by atoms with Crippen LogP contribution in [0.25, 0.3) is 34.2 Å². The van der Waals surface area contributed by atoms with E-state index in [-0.39, 0.29) is 52.7 Å². The predicted octanol–water partition coefficient (Wildman–Crippen LogP) is 8.48. The van der Waals surface area contributed by atoms with Crippen molar-refractivity contribution in [1.29, 1.82) is 0 Å². The van der Waals surface area contributed by atoms with Crippen LogP contribution in [0.15, 0.2) is 135 Å². The van der Waals surface area contributed by atoms with E-state index in [0.29, 0.717) is 17.1 Å². The zero-order valence-electron chi connectivity index (χ0n) is 33.9. The van der Waals surface area contributed by atoms with Crippen molar-refractivity contribution in [1.82, 2.24) is 60.5 Å². The Hall–Kier alpha value is -5.82. The molecule has 0 spiro atoms. The van der Waals surface area contributed by atoms with Crippen LogP contribution in [0.4, 0.5) is 39.5 Å². The van der Waals surface area contributed by atoms with E-state index in [4.69, 9.17) is 0 Å². The van der Waals surface area contributed by atoms with Crippen LogP contribution in [-0.2, 0) is 38.3 Å². The van der Waals surface area contributed by atoms with Gasteiger partial charge in [0.05, 0.1) is 54.4 Å². The summed E-state index contributed by atoms with van der Waals surface area (Å²) in [6.45, 7) is 9.22. The monoisotopic (exact) mass is 1110 g/mol. The van der Waals surface area contributed by atoms with Gasteiger partial charge < -0.3 is 20.4 Å². The largest absolute Gasteiger partial charge is 2.00 e. The average molecular weight is 1110 g/mol. The van der Waals surface area contributed by atoms with Crippen LogP contribution in [0, 0.1) is 0 Å². The van der Waals surface area contributed by atoms with E-state index < -0.39 is 35.6 Å². The van der Waals surface area contributed by atoms with Crippen LogP contribution in [-0.4, -0.2) is 77.0 Å². The first-order chi connectivity index (χ1) is 29.8. The molecule has 64 heavy (non-hydrogen) atoms. The van der Waals surface area contributed by atoms with E-state index in [9.17, 15) is 39.5 Å². The smallest absolute Gasteiger partial charge is 0.573 e.